The number of piperidine rings is 1. The van der Waals surface area contributed by atoms with E-state index >= 15 is 0 Å². The van der Waals surface area contributed by atoms with E-state index in [9.17, 15) is 19.5 Å². The van der Waals surface area contributed by atoms with Gasteiger partial charge in [-0.3, -0.25) is 14.5 Å². The maximum Gasteiger partial charge on any atom is 0.515 e. The van der Waals surface area contributed by atoms with Gasteiger partial charge in [0.15, 0.2) is 0 Å². The molecule has 0 radical (unpaired) electrons. The predicted molar refractivity (Wildman–Crippen MR) is 88.9 cm³/mol. The van der Waals surface area contributed by atoms with Gasteiger partial charge in [-0.25, -0.2) is 4.79 Å². The van der Waals surface area contributed by atoms with Crippen molar-refractivity contribution >= 4 is 29.7 Å². The Morgan fingerprint density at radius 3 is 2.96 bits per heavy atom. The van der Waals surface area contributed by atoms with E-state index in [-0.39, 0.29) is 42.3 Å². The number of ether oxygens (including phenoxy) is 2. The van der Waals surface area contributed by atoms with Crippen LogP contribution < -0.4 is 5.32 Å². The van der Waals surface area contributed by atoms with Crippen LogP contribution in [0.15, 0.2) is 23.4 Å². The zero-order valence-electron chi connectivity index (χ0n) is 13.6. The predicted octanol–water partition coefficient (Wildman–Crippen LogP) is 1.08. The molecule has 0 spiro atoms. The Bertz CT molecular complexity index is 634. The lowest BCUT2D eigenvalue weighted by molar-refractivity contribution is -0.152. The molecule has 2 fully saturated rings. The number of aliphatic hydroxyl groups is 1. The number of hydrogen-bond acceptors (Lipinski definition) is 7. The fraction of sp³-hybridized carbons (Fsp3) is 0.562. The molecule has 9 heteroatoms. The van der Waals surface area contributed by atoms with Crippen LogP contribution in [0.25, 0.3) is 0 Å². The molecule has 0 aromatic rings. The molecule has 3 rings (SSSR count). The van der Waals surface area contributed by atoms with Gasteiger partial charge in [-0.1, -0.05) is 24.4 Å². The fourth-order valence-electron chi connectivity index (χ4n) is 3.11. The van der Waals surface area contributed by atoms with E-state index in [1.807, 2.05) is 0 Å². The van der Waals surface area contributed by atoms with Crippen LogP contribution in [-0.4, -0.2) is 52.6 Å². The summed E-state index contributed by atoms with van der Waals surface area (Å²) in [6.45, 7) is 3.20. The lowest BCUT2D eigenvalue weighted by Gasteiger charge is -2.40. The van der Waals surface area contributed by atoms with Crippen LogP contribution >= 0.6 is 11.8 Å². The molecule has 25 heavy (non-hydrogen) atoms. The van der Waals surface area contributed by atoms with Crippen molar-refractivity contribution in [2.24, 2.45) is 5.92 Å². The topological polar surface area (TPSA) is 105 Å². The molecule has 2 saturated heterocycles. The highest BCUT2D eigenvalue weighted by atomic mass is 32.2. The maximum atomic E-state index is 12.2. The van der Waals surface area contributed by atoms with Gasteiger partial charge >= 0.3 is 6.16 Å². The Balaban J connectivity index is 1.75. The number of fused-ring (bicyclic) bond motifs is 1. The molecule has 3 aliphatic heterocycles. The third-order valence-corrected chi connectivity index (χ3v) is 5.73. The molecule has 8 nitrogen and oxygen atoms in total. The van der Waals surface area contributed by atoms with Gasteiger partial charge < -0.3 is 19.9 Å². The average molecular weight is 368 g/mol. The molecule has 0 aromatic heterocycles. The van der Waals surface area contributed by atoms with E-state index in [4.69, 9.17) is 9.47 Å². The highest BCUT2D eigenvalue weighted by molar-refractivity contribution is 8.04. The van der Waals surface area contributed by atoms with E-state index < -0.39 is 12.1 Å². The zero-order valence-corrected chi connectivity index (χ0v) is 14.4. The number of hydrogen-bond donors (Lipinski definition) is 2. The lowest BCUT2D eigenvalue weighted by Crippen LogP contribution is -2.58. The van der Waals surface area contributed by atoms with Crippen molar-refractivity contribution in [3.8, 4) is 0 Å². The highest BCUT2D eigenvalue weighted by Gasteiger charge is 2.55. The van der Waals surface area contributed by atoms with Gasteiger partial charge in [0.1, 0.15) is 12.0 Å². The molecule has 0 bridgehead atoms. The summed E-state index contributed by atoms with van der Waals surface area (Å²) >= 11 is 1.39. The van der Waals surface area contributed by atoms with E-state index in [0.29, 0.717) is 17.7 Å². The maximum absolute atomic E-state index is 12.2. The van der Waals surface area contributed by atoms with Crippen molar-refractivity contribution in [2.75, 3.05) is 13.2 Å². The van der Waals surface area contributed by atoms with Crippen molar-refractivity contribution in [2.45, 2.75) is 37.1 Å². The molecular weight excluding hydrogens is 348 g/mol. The Hall–Kier alpha value is -2.00. The second-order valence-corrected chi connectivity index (χ2v) is 7.26. The van der Waals surface area contributed by atoms with Gasteiger partial charge in [0.25, 0.3) is 0 Å². The van der Waals surface area contributed by atoms with E-state index in [1.54, 1.807) is 0 Å². The van der Waals surface area contributed by atoms with Gasteiger partial charge in [-0.05, 0) is 12.8 Å². The Kier molecular flexibility index (Phi) is 5.33. The molecular formula is C16H20N2O6S. The largest absolute Gasteiger partial charge is 0.515 e. The molecule has 0 unspecified atom stereocenters. The Labute approximate surface area is 149 Å². The molecule has 2 N–H and O–H groups in total. The summed E-state index contributed by atoms with van der Waals surface area (Å²) in [4.78, 5) is 37.6. The van der Waals surface area contributed by atoms with Crippen LogP contribution in [0.4, 0.5) is 4.79 Å². The first-order valence-electron chi connectivity index (χ1n) is 8.13. The summed E-state index contributed by atoms with van der Waals surface area (Å²) in [5.74, 6) is -0.640. The summed E-state index contributed by atoms with van der Waals surface area (Å²) in [6, 6.07) is -0.0621. The molecule has 3 aliphatic rings. The van der Waals surface area contributed by atoms with Crippen LogP contribution in [0.1, 0.15) is 25.7 Å². The molecule has 136 valence electrons. The fourth-order valence-corrected chi connectivity index (χ4v) is 4.61. The molecule has 0 saturated carbocycles. The standard InChI is InChI=1S/C16H20N2O6S/c1-2-6-23-16(22)24-14-11(7-9-4-3-5-12(20)17-9)25-15-10(8-19)13(21)18(14)15/h2,9-10,15,19H,1,3-8H2,(H,17,20)/t9-,10+,15-/m1/s1. The number of aliphatic hydroxyl groups excluding tert-OH is 1. The summed E-state index contributed by atoms with van der Waals surface area (Å²) in [7, 11) is 0. The van der Waals surface area contributed by atoms with Gasteiger partial charge in [0.05, 0.1) is 17.4 Å². The van der Waals surface area contributed by atoms with E-state index in [0.717, 1.165) is 12.8 Å². The van der Waals surface area contributed by atoms with E-state index in [1.165, 1.54) is 22.7 Å². The molecule has 0 aromatic carbocycles. The first-order valence-corrected chi connectivity index (χ1v) is 9.01. The number of carbonyl (C=O) groups excluding carboxylic acids is 3. The lowest BCUT2D eigenvalue weighted by atomic mass is 9.99. The Morgan fingerprint density at radius 2 is 2.28 bits per heavy atom. The highest BCUT2D eigenvalue weighted by Crippen LogP contribution is 2.51. The van der Waals surface area contributed by atoms with Crippen LogP contribution in [0.3, 0.4) is 0 Å². The first-order chi connectivity index (χ1) is 12.0. The van der Waals surface area contributed by atoms with E-state index in [2.05, 4.69) is 11.9 Å². The van der Waals surface area contributed by atoms with Crippen molar-refractivity contribution in [3.05, 3.63) is 23.4 Å². The summed E-state index contributed by atoms with van der Waals surface area (Å²) < 4.78 is 10.1. The second-order valence-electron chi connectivity index (χ2n) is 6.05. The number of rotatable bonds is 6. The van der Waals surface area contributed by atoms with Gasteiger partial charge in [0, 0.05) is 18.9 Å². The molecule has 0 aliphatic carbocycles. The first kappa shape index (κ1) is 17.8. The Morgan fingerprint density at radius 1 is 1.48 bits per heavy atom. The average Bonchev–Trinajstić information content (AvgIpc) is 2.87. The van der Waals surface area contributed by atoms with Crippen molar-refractivity contribution in [1.29, 1.82) is 0 Å². The van der Waals surface area contributed by atoms with Crippen molar-refractivity contribution in [1.82, 2.24) is 10.2 Å². The van der Waals surface area contributed by atoms with Crippen LogP contribution in [0.2, 0.25) is 0 Å². The van der Waals surface area contributed by atoms with Gasteiger partial charge in [-0.2, -0.15) is 0 Å². The smallest absolute Gasteiger partial charge is 0.430 e. The van der Waals surface area contributed by atoms with Crippen molar-refractivity contribution in [3.63, 3.8) is 0 Å². The summed E-state index contributed by atoms with van der Waals surface area (Å²) in [6.07, 6.45) is 3.11. The minimum absolute atomic E-state index is 0.000275. The van der Waals surface area contributed by atoms with Gasteiger partial charge in [0.2, 0.25) is 17.7 Å². The third-order valence-electron chi connectivity index (χ3n) is 4.32. The molecule has 3 atom stereocenters. The summed E-state index contributed by atoms with van der Waals surface area (Å²) in [5.41, 5.74) is 0. The number of nitrogens with one attached hydrogen (secondary N) is 1. The number of thioether (sulfide) groups is 1. The third kappa shape index (κ3) is 3.52. The van der Waals surface area contributed by atoms with Crippen LogP contribution in [0.5, 0.6) is 0 Å². The van der Waals surface area contributed by atoms with Crippen LogP contribution in [0, 0.1) is 5.92 Å². The minimum Gasteiger partial charge on any atom is -0.430 e. The minimum atomic E-state index is -0.915. The van der Waals surface area contributed by atoms with Gasteiger partial charge in [-0.15, -0.1) is 0 Å². The number of nitrogens with zero attached hydrogens (tertiary/aromatic N) is 1. The summed E-state index contributed by atoms with van der Waals surface area (Å²) in [5, 5.41) is 12.0. The monoisotopic (exact) mass is 368 g/mol. The SMILES string of the molecule is C=CCOC(=O)OC1=C(C[C@H]2CCCC(=O)N2)S[C@@H]2[C@@H](CO)C(=O)N12. The van der Waals surface area contributed by atoms with Crippen molar-refractivity contribution < 1.29 is 29.0 Å². The number of amides is 2. The normalized spacial score (nSPS) is 28.2. The van der Waals surface area contributed by atoms with Crippen LogP contribution in [-0.2, 0) is 19.1 Å². The quantitative estimate of drug-likeness (QED) is 0.410. The number of carbonyl (C=O) groups is 3. The molecule has 2 amide bonds. The molecule has 3 heterocycles. The number of β-lactam (4-membered cyclic amide) rings is 1. The zero-order chi connectivity index (χ0) is 18.0. The second kappa shape index (κ2) is 7.49.